The van der Waals surface area contributed by atoms with Gasteiger partial charge in [0.15, 0.2) is 0 Å². The van der Waals surface area contributed by atoms with E-state index in [1.807, 2.05) is 12.1 Å². The van der Waals surface area contributed by atoms with Crippen LogP contribution in [-0.4, -0.2) is 50.7 Å². The average Bonchev–Trinajstić information content (AvgIpc) is 3.42. The molecule has 0 radical (unpaired) electrons. The minimum Gasteiger partial charge on any atom is -0.508 e. The number of hydrogen-bond acceptors (Lipinski definition) is 5. The molecule has 5 N–H and O–H groups in total. The summed E-state index contributed by atoms with van der Waals surface area (Å²) in [6, 6.07) is 7.19. The number of primary amides is 1. The first-order valence-electron chi connectivity index (χ1n) is 11.1. The lowest BCUT2D eigenvalue weighted by atomic mass is 9.55. The van der Waals surface area contributed by atoms with Crippen LogP contribution in [0.2, 0.25) is 0 Å². The monoisotopic (exact) mass is 419 g/mol. The molecule has 4 aliphatic carbocycles. The Morgan fingerprint density at radius 1 is 1.23 bits per heavy atom. The Kier molecular flexibility index (Phi) is 3.03. The summed E-state index contributed by atoms with van der Waals surface area (Å²) >= 11 is 0. The van der Waals surface area contributed by atoms with Crippen LogP contribution in [0.15, 0.2) is 29.1 Å². The molecule has 2 spiro atoms. The number of benzene rings is 1. The highest BCUT2D eigenvalue weighted by Gasteiger charge is 2.81. The second kappa shape index (κ2) is 5.22. The number of aromatic nitrogens is 1. The maximum absolute atomic E-state index is 12.5. The maximum Gasteiger partial charge on any atom is 0.261 e. The number of nitrogens with zero attached hydrogens (tertiary/aromatic N) is 1. The Balaban J connectivity index is 1.44. The molecule has 160 valence electrons. The summed E-state index contributed by atoms with van der Waals surface area (Å²) in [5, 5.41) is 22.7. The molecule has 1 aromatic carbocycles. The lowest BCUT2D eigenvalue weighted by molar-refractivity contribution is -0.136. The van der Waals surface area contributed by atoms with Crippen molar-refractivity contribution in [3.8, 4) is 5.75 Å². The van der Waals surface area contributed by atoms with E-state index in [0.717, 1.165) is 42.2 Å². The molecule has 1 saturated heterocycles. The molecule has 5 aliphatic rings. The van der Waals surface area contributed by atoms with Gasteiger partial charge in [-0.1, -0.05) is 6.07 Å². The van der Waals surface area contributed by atoms with Crippen molar-refractivity contribution in [2.75, 3.05) is 13.1 Å². The number of nitrogens with two attached hydrogens (primary N) is 1. The first-order chi connectivity index (χ1) is 14.8. The van der Waals surface area contributed by atoms with Gasteiger partial charge in [-0.25, -0.2) is 0 Å². The third-order valence-electron chi connectivity index (χ3n) is 8.94. The van der Waals surface area contributed by atoms with Crippen molar-refractivity contribution in [3.05, 3.63) is 62.6 Å². The van der Waals surface area contributed by atoms with Gasteiger partial charge in [0, 0.05) is 42.5 Å². The number of carbonyl (C=O) groups excluding carboxylic acids is 1. The number of hydrogen-bond donors (Lipinski definition) is 4. The fourth-order valence-electron chi connectivity index (χ4n) is 7.74. The van der Waals surface area contributed by atoms with Crippen LogP contribution >= 0.6 is 0 Å². The Bertz CT molecular complexity index is 1250. The molecule has 7 nitrogen and oxygen atoms in total. The third kappa shape index (κ3) is 1.94. The molecule has 2 saturated carbocycles. The highest BCUT2D eigenvalue weighted by atomic mass is 16.3. The number of likely N-dealkylation sites (tertiary alicyclic amines) is 1. The van der Waals surface area contributed by atoms with Crippen molar-refractivity contribution in [1.82, 2.24) is 9.88 Å². The molecule has 1 unspecified atom stereocenters. The molecule has 1 aromatic heterocycles. The lowest BCUT2D eigenvalue weighted by Gasteiger charge is -2.62. The van der Waals surface area contributed by atoms with Crippen molar-refractivity contribution in [1.29, 1.82) is 0 Å². The average molecular weight is 419 g/mol. The fourth-order valence-corrected chi connectivity index (χ4v) is 7.74. The summed E-state index contributed by atoms with van der Waals surface area (Å²) in [6.07, 6.45) is 4.19. The first-order valence-corrected chi connectivity index (χ1v) is 11.1. The number of pyridine rings is 1. The smallest absolute Gasteiger partial charge is 0.261 e. The fraction of sp³-hybridized carbons (Fsp3) is 0.500. The normalized spacial score (nSPS) is 36.9. The molecule has 4 atom stereocenters. The van der Waals surface area contributed by atoms with Crippen molar-refractivity contribution in [3.63, 3.8) is 0 Å². The minimum atomic E-state index is -1.03. The Labute approximate surface area is 178 Å². The van der Waals surface area contributed by atoms with Gasteiger partial charge >= 0.3 is 0 Å². The lowest BCUT2D eigenvalue weighted by Crippen LogP contribution is -2.75. The molecular weight excluding hydrogens is 394 g/mol. The van der Waals surface area contributed by atoms with E-state index >= 15 is 0 Å². The van der Waals surface area contributed by atoms with E-state index in [4.69, 9.17) is 5.73 Å². The zero-order valence-corrected chi connectivity index (χ0v) is 17.1. The molecule has 1 aliphatic heterocycles. The van der Waals surface area contributed by atoms with E-state index in [1.165, 1.54) is 18.4 Å². The number of rotatable bonds is 3. The van der Waals surface area contributed by atoms with E-state index in [2.05, 4.69) is 9.88 Å². The molecule has 2 aromatic rings. The number of carbonyl (C=O) groups is 1. The van der Waals surface area contributed by atoms with Crippen molar-refractivity contribution >= 4 is 5.91 Å². The number of aromatic amines is 1. The first kappa shape index (κ1) is 18.0. The van der Waals surface area contributed by atoms with Gasteiger partial charge in [-0.3, -0.25) is 14.5 Å². The molecular formula is C24H25N3O4. The zero-order chi connectivity index (χ0) is 21.3. The van der Waals surface area contributed by atoms with Gasteiger partial charge in [0.2, 0.25) is 0 Å². The van der Waals surface area contributed by atoms with Crippen LogP contribution in [0.25, 0.3) is 0 Å². The molecule has 3 fully saturated rings. The standard InChI is InChI=1S/C24H25N3O4/c25-19(29)15-5-13-7-24(31)21-22(11-27(21)9-12-1-2-12)10-23(24,8-18(13)26-20(15)30)17-6-14(28)3-4-16(17)22/h3-6,12,21,28,31H,1-2,7-11H2,(H2,25,29)(H,26,30)/t21-,22?,23+,24-/m1/s1. The predicted octanol–water partition coefficient (Wildman–Crippen LogP) is 0.696. The number of nitrogens with one attached hydrogen (secondary N) is 1. The summed E-state index contributed by atoms with van der Waals surface area (Å²) in [6.45, 7) is 1.94. The minimum absolute atomic E-state index is 0.00903. The SMILES string of the molecule is NC(=O)c1cc2c([nH]c1=O)C[C@@]13CC4(CN(CC5CC5)[C@H]4[C@]1(O)C2)c1ccc(O)cc13. The molecule has 31 heavy (non-hydrogen) atoms. The Morgan fingerprint density at radius 2 is 2.03 bits per heavy atom. The van der Waals surface area contributed by atoms with E-state index < -0.39 is 22.5 Å². The van der Waals surface area contributed by atoms with E-state index in [0.29, 0.717) is 12.8 Å². The van der Waals surface area contributed by atoms with Gasteiger partial charge in [0.05, 0.1) is 11.6 Å². The number of amides is 1. The number of phenols is 1. The van der Waals surface area contributed by atoms with Crippen molar-refractivity contribution in [2.24, 2.45) is 11.7 Å². The van der Waals surface area contributed by atoms with Crippen LogP contribution < -0.4 is 11.3 Å². The van der Waals surface area contributed by atoms with Crippen LogP contribution in [-0.2, 0) is 23.7 Å². The maximum atomic E-state index is 12.5. The summed E-state index contributed by atoms with van der Waals surface area (Å²) in [4.78, 5) is 29.6. The zero-order valence-electron chi connectivity index (χ0n) is 17.1. The quantitative estimate of drug-likeness (QED) is 0.584. The van der Waals surface area contributed by atoms with E-state index in [-0.39, 0.29) is 22.8 Å². The topological polar surface area (TPSA) is 120 Å². The van der Waals surface area contributed by atoms with Gasteiger partial charge in [0.25, 0.3) is 11.5 Å². The van der Waals surface area contributed by atoms with Gasteiger partial charge in [0.1, 0.15) is 11.3 Å². The van der Waals surface area contributed by atoms with Gasteiger partial charge in [-0.2, -0.15) is 0 Å². The van der Waals surface area contributed by atoms with Crippen LogP contribution in [0.3, 0.4) is 0 Å². The number of aliphatic hydroxyl groups is 1. The largest absolute Gasteiger partial charge is 0.508 e. The van der Waals surface area contributed by atoms with Crippen molar-refractivity contribution < 1.29 is 15.0 Å². The van der Waals surface area contributed by atoms with Crippen LogP contribution in [0, 0.1) is 5.92 Å². The second-order valence-electron chi connectivity index (χ2n) is 10.6. The number of fused-ring (bicyclic) bond motifs is 3. The molecule has 2 bridgehead atoms. The molecule has 7 heteroatoms. The summed E-state index contributed by atoms with van der Waals surface area (Å²) in [7, 11) is 0. The molecule has 1 amide bonds. The summed E-state index contributed by atoms with van der Waals surface area (Å²) < 4.78 is 0. The van der Waals surface area contributed by atoms with Gasteiger partial charge in [-0.15, -0.1) is 0 Å². The van der Waals surface area contributed by atoms with Crippen LogP contribution in [0.1, 0.15) is 52.0 Å². The van der Waals surface area contributed by atoms with E-state index in [1.54, 1.807) is 12.1 Å². The van der Waals surface area contributed by atoms with Crippen LogP contribution in [0.5, 0.6) is 5.75 Å². The summed E-state index contributed by atoms with van der Waals surface area (Å²) in [5.74, 6) is 0.174. The Hall–Kier alpha value is -2.64. The number of H-pyrrole nitrogens is 1. The number of aromatic hydroxyl groups is 1. The van der Waals surface area contributed by atoms with E-state index in [9.17, 15) is 19.8 Å². The highest BCUT2D eigenvalue weighted by Crippen LogP contribution is 2.73. The number of phenolic OH excluding ortho intramolecular Hbond substituents is 1. The van der Waals surface area contributed by atoms with Gasteiger partial charge < -0.3 is 20.9 Å². The van der Waals surface area contributed by atoms with Gasteiger partial charge in [-0.05, 0) is 60.1 Å². The predicted molar refractivity (Wildman–Crippen MR) is 112 cm³/mol. The molecule has 7 rings (SSSR count). The summed E-state index contributed by atoms with van der Waals surface area (Å²) in [5.41, 5.74) is 6.98. The highest BCUT2D eigenvalue weighted by molar-refractivity contribution is 5.92. The third-order valence-corrected chi connectivity index (χ3v) is 8.94. The Morgan fingerprint density at radius 3 is 2.77 bits per heavy atom. The van der Waals surface area contributed by atoms with Crippen molar-refractivity contribution in [2.45, 2.75) is 54.6 Å². The van der Waals surface area contributed by atoms with Crippen LogP contribution in [0.4, 0.5) is 0 Å². The second-order valence-corrected chi connectivity index (χ2v) is 10.6. The molecule has 2 heterocycles.